The molecule has 0 unspecified atom stereocenters. The van der Waals surface area contributed by atoms with Crippen LogP contribution < -0.4 is 0 Å². The Labute approximate surface area is 58.7 Å². The van der Waals surface area contributed by atoms with Gasteiger partial charge < -0.3 is 0 Å². The molecule has 0 aromatic rings. The third-order valence-corrected chi connectivity index (χ3v) is 2.28. The van der Waals surface area contributed by atoms with Crippen molar-refractivity contribution in [2.75, 3.05) is 0 Å². The quantitative estimate of drug-likeness (QED) is 0.543. The third-order valence-electron chi connectivity index (χ3n) is 2.28. The molecule has 0 aromatic carbocycles. The first-order valence-corrected chi connectivity index (χ1v) is 4.08. The van der Waals surface area contributed by atoms with Crippen LogP contribution in [0.4, 0.5) is 0 Å². The summed E-state index contributed by atoms with van der Waals surface area (Å²) in [7, 11) is 0. The second-order valence-electron chi connectivity index (χ2n) is 3.54. The van der Waals surface area contributed by atoms with Gasteiger partial charge in [-0.15, -0.1) is 0 Å². The highest BCUT2D eigenvalue weighted by Crippen LogP contribution is 2.31. The van der Waals surface area contributed by atoms with E-state index >= 15 is 0 Å². The highest BCUT2D eigenvalue weighted by atomic mass is 14.2. The van der Waals surface area contributed by atoms with E-state index in [0.29, 0.717) is 0 Å². The van der Waals surface area contributed by atoms with E-state index < -0.39 is 0 Å². The van der Waals surface area contributed by atoms with Crippen molar-refractivity contribution in [3.63, 3.8) is 0 Å². The fraction of sp³-hybridized carbons (Fsp3) is 0.889. The minimum absolute atomic E-state index is 1.10. The van der Waals surface area contributed by atoms with Crippen LogP contribution in [0, 0.1) is 11.8 Å². The maximum Gasteiger partial charge on any atom is -0.0303 e. The summed E-state index contributed by atoms with van der Waals surface area (Å²) in [6, 6.07) is 0. The van der Waals surface area contributed by atoms with Gasteiger partial charge in [0, 0.05) is 0 Å². The Hall–Kier alpha value is 0. The average Bonchev–Trinajstić information content (AvgIpc) is 1.60. The van der Waals surface area contributed by atoms with Crippen LogP contribution in [0.1, 0.15) is 46.0 Å². The van der Waals surface area contributed by atoms with Gasteiger partial charge in [0.15, 0.2) is 0 Å². The van der Waals surface area contributed by atoms with E-state index in [1.807, 2.05) is 0 Å². The lowest BCUT2D eigenvalue weighted by Gasteiger charge is -2.25. The van der Waals surface area contributed by atoms with Crippen LogP contribution in [0.3, 0.4) is 0 Å². The van der Waals surface area contributed by atoms with Crippen molar-refractivity contribution < 1.29 is 0 Å². The molecule has 53 valence electrons. The van der Waals surface area contributed by atoms with Gasteiger partial charge in [-0.3, -0.25) is 0 Å². The van der Waals surface area contributed by atoms with E-state index in [-0.39, 0.29) is 0 Å². The molecular weight excluding hydrogens is 108 g/mol. The van der Waals surface area contributed by atoms with Crippen molar-refractivity contribution >= 4 is 0 Å². The second-order valence-corrected chi connectivity index (χ2v) is 3.54. The molecule has 1 aliphatic rings. The molecule has 1 rings (SSSR count). The summed E-state index contributed by atoms with van der Waals surface area (Å²) < 4.78 is 0. The van der Waals surface area contributed by atoms with Gasteiger partial charge in [0.1, 0.15) is 0 Å². The van der Waals surface area contributed by atoms with Crippen LogP contribution in [0.15, 0.2) is 0 Å². The number of hydrogen-bond donors (Lipinski definition) is 0. The molecule has 0 nitrogen and oxygen atoms in total. The van der Waals surface area contributed by atoms with E-state index in [1.165, 1.54) is 32.1 Å². The smallest absolute Gasteiger partial charge is 0.0303 e. The molecule has 1 radical (unpaired) electrons. The van der Waals surface area contributed by atoms with Crippen LogP contribution >= 0.6 is 0 Å². The van der Waals surface area contributed by atoms with Gasteiger partial charge in [-0.2, -0.15) is 0 Å². The van der Waals surface area contributed by atoms with Gasteiger partial charge in [-0.25, -0.2) is 0 Å². The van der Waals surface area contributed by atoms with E-state index in [4.69, 9.17) is 0 Å². The SMILES string of the molecule is C[C](C)CCC1CCC1. The summed E-state index contributed by atoms with van der Waals surface area (Å²) in [6.45, 7) is 4.47. The van der Waals surface area contributed by atoms with Gasteiger partial charge in [-0.05, 0) is 24.7 Å². The molecule has 9 heavy (non-hydrogen) atoms. The van der Waals surface area contributed by atoms with E-state index in [2.05, 4.69) is 13.8 Å². The summed E-state index contributed by atoms with van der Waals surface area (Å²) in [6.07, 6.45) is 7.33. The van der Waals surface area contributed by atoms with Crippen molar-refractivity contribution in [3.8, 4) is 0 Å². The van der Waals surface area contributed by atoms with Crippen molar-refractivity contribution in [2.45, 2.75) is 46.0 Å². The Kier molecular flexibility index (Phi) is 2.56. The van der Waals surface area contributed by atoms with Crippen LogP contribution in [0.25, 0.3) is 0 Å². The molecule has 0 amide bonds. The molecule has 0 heterocycles. The predicted molar refractivity (Wildman–Crippen MR) is 41.2 cm³/mol. The third kappa shape index (κ3) is 2.38. The maximum atomic E-state index is 2.23. The highest BCUT2D eigenvalue weighted by molar-refractivity contribution is 4.80. The molecule has 1 saturated carbocycles. The van der Waals surface area contributed by atoms with Crippen LogP contribution in [-0.4, -0.2) is 0 Å². The lowest BCUT2D eigenvalue weighted by molar-refractivity contribution is 0.292. The molecule has 0 spiro atoms. The first-order chi connectivity index (χ1) is 4.29. The normalized spacial score (nSPS) is 20.3. The summed E-state index contributed by atoms with van der Waals surface area (Å²) in [5, 5.41) is 0. The molecule has 1 fully saturated rings. The van der Waals surface area contributed by atoms with Crippen molar-refractivity contribution in [2.24, 2.45) is 5.92 Å². The Bertz CT molecular complexity index is 70.1. The molecule has 0 aliphatic heterocycles. The molecule has 0 saturated heterocycles. The monoisotopic (exact) mass is 125 g/mol. The van der Waals surface area contributed by atoms with Gasteiger partial charge >= 0.3 is 0 Å². The summed E-state index contributed by atoms with van der Waals surface area (Å²) in [5.74, 6) is 2.70. The lowest BCUT2D eigenvalue weighted by Crippen LogP contribution is -2.10. The van der Waals surface area contributed by atoms with Crippen LogP contribution in [-0.2, 0) is 0 Å². The summed E-state index contributed by atoms with van der Waals surface area (Å²) in [4.78, 5) is 0. The summed E-state index contributed by atoms with van der Waals surface area (Å²) in [5.41, 5.74) is 0. The molecule has 1 aliphatic carbocycles. The minimum atomic E-state index is 1.10. The summed E-state index contributed by atoms with van der Waals surface area (Å²) >= 11 is 0. The first kappa shape index (κ1) is 7.11. The van der Waals surface area contributed by atoms with Crippen molar-refractivity contribution in [1.29, 1.82) is 0 Å². The number of hydrogen-bond acceptors (Lipinski definition) is 0. The molecule has 0 bridgehead atoms. The van der Waals surface area contributed by atoms with Gasteiger partial charge in [0.25, 0.3) is 0 Å². The standard InChI is InChI=1S/C9H17/c1-8(2)6-7-9-4-3-5-9/h9H,3-7H2,1-2H3. The van der Waals surface area contributed by atoms with Crippen LogP contribution in [0.5, 0.6) is 0 Å². The Morgan fingerprint density at radius 3 is 2.33 bits per heavy atom. The number of rotatable bonds is 3. The zero-order valence-corrected chi connectivity index (χ0v) is 6.61. The molecule has 0 aromatic heterocycles. The Balaban J connectivity index is 1.91. The van der Waals surface area contributed by atoms with Crippen molar-refractivity contribution in [1.82, 2.24) is 0 Å². The van der Waals surface area contributed by atoms with E-state index in [0.717, 1.165) is 5.92 Å². The lowest BCUT2D eigenvalue weighted by atomic mass is 9.81. The topological polar surface area (TPSA) is 0 Å². The maximum absolute atomic E-state index is 2.23. The van der Waals surface area contributed by atoms with Crippen LogP contribution in [0.2, 0.25) is 0 Å². The molecule has 0 heteroatoms. The zero-order chi connectivity index (χ0) is 6.69. The molecule has 0 N–H and O–H groups in total. The molecule has 0 atom stereocenters. The van der Waals surface area contributed by atoms with Crippen molar-refractivity contribution in [3.05, 3.63) is 5.92 Å². The highest BCUT2D eigenvalue weighted by Gasteiger charge is 2.16. The first-order valence-electron chi connectivity index (χ1n) is 4.08. The Morgan fingerprint density at radius 2 is 2.00 bits per heavy atom. The largest absolute Gasteiger partial charge is 0.0594 e. The Morgan fingerprint density at radius 1 is 1.33 bits per heavy atom. The fourth-order valence-corrected chi connectivity index (χ4v) is 1.27. The minimum Gasteiger partial charge on any atom is -0.0594 e. The van der Waals surface area contributed by atoms with Gasteiger partial charge in [-0.1, -0.05) is 33.1 Å². The predicted octanol–water partition coefficient (Wildman–Crippen LogP) is 3.18. The van der Waals surface area contributed by atoms with E-state index in [9.17, 15) is 0 Å². The zero-order valence-electron chi connectivity index (χ0n) is 6.61. The van der Waals surface area contributed by atoms with Gasteiger partial charge in [0.2, 0.25) is 0 Å². The van der Waals surface area contributed by atoms with Gasteiger partial charge in [0.05, 0.1) is 0 Å². The molecular formula is C9H17. The van der Waals surface area contributed by atoms with E-state index in [1.54, 1.807) is 5.92 Å². The fourth-order valence-electron chi connectivity index (χ4n) is 1.27. The average molecular weight is 125 g/mol. The second kappa shape index (κ2) is 3.24.